The number of carbonyl (C=O) groups is 1. The van der Waals surface area contributed by atoms with Gasteiger partial charge in [-0.3, -0.25) is 0 Å². The highest BCUT2D eigenvalue weighted by molar-refractivity contribution is 5.57. The molecule has 0 amide bonds. The van der Waals surface area contributed by atoms with Gasteiger partial charge < -0.3 is 10.1 Å². The van der Waals surface area contributed by atoms with Crippen LogP contribution < -0.4 is 5.32 Å². The van der Waals surface area contributed by atoms with E-state index in [0.717, 1.165) is 12.7 Å². The summed E-state index contributed by atoms with van der Waals surface area (Å²) in [6.45, 7) is 2.28. The normalized spacial score (nSPS) is 12.5. The minimum absolute atomic E-state index is 0.0716. The molecular weight excluding hydrogens is 258 g/mol. The molecule has 0 spiro atoms. The smallest absolute Gasteiger partial charge is 0.136 e. The summed E-state index contributed by atoms with van der Waals surface area (Å²) in [4.78, 5) is 10.6. The molecule has 0 radical (unpaired) electrons. The first-order chi connectivity index (χ1) is 10.3. The first-order valence-corrected chi connectivity index (χ1v) is 9.47. The molecule has 2 nitrogen and oxygen atoms in total. The molecule has 1 atom stereocenters. The third kappa shape index (κ3) is 15.8. The molecule has 126 valence electrons. The number of carbonyl (C=O) groups excluding carboxylic acids is 1. The van der Waals surface area contributed by atoms with Crippen molar-refractivity contribution < 1.29 is 4.79 Å². The lowest BCUT2D eigenvalue weighted by molar-refractivity contribution is -0.109. The average molecular weight is 298 g/mol. The van der Waals surface area contributed by atoms with Crippen molar-refractivity contribution >= 4 is 6.29 Å². The summed E-state index contributed by atoms with van der Waals surface area (Å²) in [7, 11) is 1.86. The highest BCUT2D eigenvalue weighted by atomic mass is 16.1. The minimum atomic E-state index is 0.0716. The fourth-order valence-electron chi connectivity index (χ4n) is 2.84. The molecule has 0 aliphatic rings. The van der Waals surface area contributed by atoms with E-state index >= 15 is 0 Å². The van der Waals surface area contributed by atoms with Crippen molar-refractivity contribution in [1.29, 1.82) is 0 Å². The molecule has 2 heteroatoms. The van der Waals surface area contributed by atoms with Gasteiger partial charge in [0.05, 0.1) is 6.04 Å². The monoisotopic (exact) mass is 297 g/mol. The first-order valence-electron chi connectivity index (χ1n) is 9.47. The van der Waals surface area contributed by atoms with Gasteiger partial charge in [0.1, 0.15) is 6.29 Å². The second-order valence-corrected chi connectivity index (χ2v) is 6.42. The van der Waals surface area contributed by atoms with Crippen LogP contribution in [0.4, 0.5) is 0 Å². The summed E-state index contributed by atoms with van der Waals surface area (Å²) in [5.74, 6) is 0. The van der Waals surface area contributed by atoms with Crippen molar-refractivity contribution in [2.24, 2.45) is 0 Å². The van der Waals surface area contributed by atoms with E-state index in [9.17, 15) is 4.79 Å². The number of rotatable bonds is 17. The lowest BCUT2D eigenvalue weighted by Crippen LogP contribution is -2.26. The first kappa shape index (κ1) is 20.6. The van der Waals surface area contributed by atoms with Crippen molar-refractivity contribution in [3.8, 4) is 0 Å². The standard InChI is InChI=1S/C19H39NO/c1-3-4-5-6-7-8-9-10-11-12-13-14-15-16-17-19(18-21)20-2/h18-20H,3-17H2,1-2H3/t19-/m0/s1. The van der Waals surface area contributed by atoms with Crippen LogP contribution in [0.25, 0.3) is 0 Å². The Morgan fingerprint density at radius 2 is 1.10 bits per heavy atom. The van der Waals surface area contributed by atoms with Gasteiger partial charge in [-0.25, -0.2) is 0 Å². The Kier molecular flexibility index (Phi) is 17.4. The SMILES string of the molecule is CCCCCCCCCCCCCCCC[C@@H](C=O)NC. The molecule has 0 saturated carbocycles. The average Bonchev–Trinajstić information content (AvgIpc) is 2.51. The van der Waals surface area contributed by atoms with Gasteiger partial charge in [-0.2, -0.15) is 0 Å². The highest BCUT2D eigenvalue weighted by Gasteiger charge is 2.02. The van der Waals surface area contributed by atoms with Crippen LogP contribution in [0.15, 0.2) is 0 Å². The van der Waals surface area contributed by atoms with E-state index in [1.165, 1.54) is 89.9 Å². The Labute approximate surface area is 133 Å². The van der Waals surface area contributed by atoms with E-state index in [2.05, 4.69) is 12.2 Å². The zero-order chi connectivity index (χ0) is 15.6. The van der Waals surface area contributed by atoms with Crippen LogP contribution >= 0.6 is 0 Å². The van der Waals surface area contributed by atoms with Crippen molar-refractivity contribution in [2.45, 2.75) is 109 Å². The molecule has 0 aliphatic carbocycles. The summed E-state index contributed by atoms with van der Waals surface area (Å²) in [5.41, 5.74) is 0. The predicted molar refractivity (Wildman–Crippen MR) is 93.8 cm³/mol. The summed E-state index contributed by atoms with van der Waals surface area (Å²) in [5, 5.41) is 3.03. The molecule has 0 bridgehead atoms. The summed E-state index contributed by atoms with van der Waals surface area (Å²) >= 11 is 0. The Morgan fingerprint density at radius 1 is 0.714 bits per heavy atom. The van der Waals surface area contributed by atoms with Crippen LogP contribution in [0.3, 0.4) is 0 Å². The maximum atomic E-state index is 10.6. The molecule has 0 aromatic rings. The second-order valence-electron chi connectivity index (χ2n) is 6.42. The number of hydrogen-bond donors (Lipinski definition) is 1. The molecule has 0 unspecified atom stereocenters. The van der Waals surface area contributed by atoms with Crippen LogP contribution in [0.1, 0.15) is 103 Å². The van der Waals surface area contributed by atoms with Gasteiger partial charge in [0, 0.05) is 0 Å². The molecule has 0 rings (SSSR count). The van der Waals surface area contributed by atoms with Gasteiger partial charge in [-0.05, 0) is 13.5 Å². The van der Waals surface area contributed by atoms with Gasteiger partial charge in [-0.1, -0.05) is 96.8 Å². The Hall–Kier alpha value is -0.370. The van der Waals surface area contributed by atoms with Crippen LogP contribution in [0.5, 0.6) is 0 Å². The zero-order valence-corrected chi connectivity index (χ0v) is 14.7. The fourth-order valence-corrected chi connectivity index (χ4v) is 2.84. The molecular formula is C19H39NO. The topological polar surface area (TPSA) is 29.1 Å². The van der Waals surface area contributed by atoms with Crippen molar-refractivity contribution in [3.05, 3.63) is 0 Å². The lowest BCUT2D eigenvalue weighted by atomic mass is 10.0. The highest BCUT2D eigenvalue weighted by Crippen LogP contribution is 2.13. The van der Waals surface area contributed by atoms with Gasteiger partial charge >= 0.3 is 0 Å². The number of aldehydes is 1. The van der Waals surface area contributed by atoms with Gasteiger partial charge in [0.25, 0.3) is 0 Å². The van der Waals surface area contributed by atoms with Crippen molar-refractivity contribution in [2.75, 3.05) is 7.05 Å². The van der Waals surface area contributed by atoms with E-state index in [1.54, 1.807) is 0 Å². The third-order valence-electron chi connectivity index (χ3n) is 4.40. The summed E-state index contributed by atoms with van der Waals surface area (Å²) in [6.07, 6.45) is 21.4. The van der Waals surface area contributed by atoms with Gasteiger partial charge in [0.2, 0.25) is 0 Å². The van der Waals surface area contributed by atoms with Crippen molar-refractivity contribution in [1.82, 2.24) is 5.32 Å². The fraction of sp³-hybridized carbons (Fsp3) is 0.947. The van der Waals surface area contributed by atoms with E-state index in [1.807, 2.05) is 7.05 Å². The molecule has 0 aliphatic heterocycles. The summed E-state index contributed by atoms with van der Waals surface area (Å²) in [6, 6.07) is 0.0716. The molecule has 0 fully saturated rings. The van der Waals surface area contributed by atoms with E-state index in [0.29, 0.717) is 0 Å². The van der Waals surface area contributed by atoms with Crippen LogP contribution in [-0.4, -0.2) is 19.4 Å². The Bertz CT molecular complexity index is 206. The molecule has 21 heavy (non-hydrogen) atoms. The lowest BCUT2D eigenvalue weighted by Gasteiger charge is -2.08. The Balaban J connectivity index is 3.04. The molecule has 0 saturated heterocycles. The molecule has 0 aromatic carbocycles. The van der Waals surface area contributed by atoms with Crippen molar-refractivity contribution in [3.63, 3.8) is 0 Å². The van der Waals surface area contributed by atoms with E-state index in [4.69, 9.17) is 0 Å². The van der Waals surface area contributed by atoms with Gasteiger partial charge in [-0.15, -0.1) is 0 Å². The molecule has 1 N–H and O–H groups in total. The van der Waals surface area contributed by atoms with Gasteiger partial charge in [0.15, 0.2) is 0 Å². The maximum absolute atomic E-state index is 10.6. The molecule has 0 aromatic heterocycles. The van der Waals surface area contributed by atoms with Crippen LogP contribution in [0.2, 0.25) is 0 Å². The number of unbranched alkanes of at least 4 members (excludes halogenated alkanes) is 13. The number of hydrogen-bond acceptors (Lipinski definition) is 2. The predicted octanol–water partition coefficient (Wildman–Crippen LogP) is 5.64. The third-order valence-corrected chi connectivity index (χ3v) is 4.40. The number of likely N-dealkylation sites (N-methyl/N-ethyl adjacent to an activating group) is 1. The number of nitrogens with one attached hydrogen (secondary N) is 1. The quantitative estimate of drug-likeness (QED) is 0.278. The maximum Gasteiger partial charge on any atom is 0.136 e. The van der Waals surface area contributed by atoms with E-state index in [-0.39, 0.29) is 6.04 Å². The van der Waals surface area contributed by atoms with Crippen LogP contribution in [0, 0.1) is 0 Å². The second kappa shape index (κ2) is 17.7. The largest absolute Gasteiger partial charge is 0.311 e. The van der Waals surface area contributed by atoms with E-state index < -0.39 is 0 Å². The zero-order valence-electron chi connectivity index (χ0n) is 14.7. The molecule has 0 heterocycles. The Morgan fingerprint density at radius 3 is 1.43 bits per heavy atom. The van der Waals surface area contributed by atoms with Crippen LogP contribution in [-0.2, 0) is 4.79 Å². The minimum Gasteiger partial charge on any atom is -0.311 e. The summed E-state index contributed by atoms with van der Waals surface area (Å²) < 4.78 is 0.